The molecule has 2 unspecified atom stereocenters. The van der Waals surface area contributed by atoms with Crippen LogP contribution in [0, 0.1) is 13.8 Å². The molecule has 344 valence electrons. The number of rotatable bonds is 11. The fourth-order valence-corrected chi connectivity index (χ4v) is 9.55. The van der Waals surface area contributed by atoms with Crippen LogP contribution in [0.25, 0.3) is 22.3 Å². The van der Waals surface area contributed by atoms with Crippen LogP contribution in [0.5, 0.6) is 11.5 Å². The lowest BCUT2D eigenvalue weighted by molar-refractivity contribution is -0.118. The van der Waals surface area contributed by atoms with Gasteiger partial charge in [-0.25, -0.2) is 29.9 Å². The number of aryl methyl sites for hydroxylation is 2. The van der Waals surface area contributed by atoms with Gasteiger partial charge in [-0.15, -0.1) is 0 Å². The van der Waals surface area contributed by atoms with Crippen LogP contribution in [0.15, 0.2) is 48.8 Å². The van der Waals surface area contributed by atoms with Gasteiger partial charge in [0.15, 0.2) is 36.1 Å². The van der Waals surface area contributed by atoms with Crippen LogP contribution in [0.4, 0.5) is 23.5 Å². The minimum Gasteiger partial charge on any atom is -0.482 e. The van der Waals surface area contributed by atoms with E-state index in [1.165, 1.54) is 38.3 Å². The van der Waals surface area contributed by atoms with E-state index in [1.54, 1.807) is 36.4 Å². The molecule has 8 heterocycles. The number of halogens is 4. The first kappa shape index (κ1) is 45.6. The van der Waals surface area contributed by atoms with Crippen LogP contribution in [0.1, 0.15) is 43.5 Å². The van der Waals surface area contributed by atoms with Gasteiger partial charge < -0.3 is 40.1 Å². The van der Waals surface area contributed by atoms with E-state index in [0.717, 1.165) is 51.1 Å². The average molecular weight is 977 g/mol. The largest absolute Gasteiger partial charge is 0.482 e. The van der Waals surface area contributed by atoms with E-state index in [2.05, 4.69) is 65.5 Å². The Kier molecular flexibility index (Phi) is 13.9. The number of hydrogen-bond acceptors (Lipinski definition) is 16. The monoisotopic (exact) mass is 974 g/mol. The van der Waals surface area contributed by atoms with Crippen molar-refractivity contribution in [3.8, 4) is 11.5 Å². The first-order valence-electron chi connectivity index (χ1n) is 21.7. The summed E-state index contributed by atoms with van der Waals surface area (Å²) in [5, 5.41) is 10.5. The highest BCUT2D eigenvalue weighted by atomic mass is 35.5. The number of likely N-dealkylation sites (tertiary alicyclic amines) is 1. The summed E-state index contributed by atoms with van der Waals surface area (Å²) >= 11 is 23.9. The summed E-state index contributed by atoms with van der Waals surface area (Å²) in [6.45, 7) is 9.46. The number of nitrogens with zero attached hydrogens (tertiary/aromatic N) is 11. The van der Waals surface area contributed by atoms with Gasteiger partial charge in [-0.2, -0.15) is 9.97 Å². The molecule has 0 radical (unpaired) electrons. The van der Waals surface area contributed by atoms with Gasteiger partial charge in [0.05, 0.1) is 33.8 Å². The van der Waals surface area contributed by atoms with Crippen LogP contribution < -0.4 is 35.2 Å². The van der Waals surface area contributed by atoms with Crippen molar-refractivity contribution in [2.24, 2.45) is 0 Å². The molecule has 22 heteroatoms. The third-order valence-electron chi connectivity index (χ3n) is 11.9. The van der Waals surface area contributed by atoms with E-state index < -0.39 is 5.91 Å². The summed E-state index contributed by atoms with van der Waals surface area (Å²) in [6.07, 6.45) is 8.96. The second kappa shape index (κ2) is 20.2. The highest BCUT2D eigenvalue weighted by molar-refractivity contribution is 6.36. The number of nitrogens with one attached hydrogen (secondary N) is 3. The molecule has 2 aromatic carbocycles. The third-order valence-corrected chi connectivity index (χ3v) is 13.0. The molecule has 66 heavy (non-hydrogen) atoms. The molecule has 18 nitrogen and oxygen atoms in total. The SMILES string of the molecule is Cc1nc(N2CC3CC2CN3)nc2ncc(NC(=O)COc3ccc(Cl)cc3Cl)nc12.Cc1nc(N2CCC(N3CCCC3)CC2)nc2ncc(NC(=O)COc3ccc(Cl)cc3Cl)nc12. The van der Waals surface area contributed by atoms with Crippen molar-refractivity contribution in [3.05, 3.63) is 80.3 Å². The van der Waals surface area contributed by atoms with Crippen molar-refractivity contribution in [2.75, 3.05) is 72.9 Å². The van der Waals surface area contributed by atoms with Gasteiger partial charge in [0.25, 0.3) is 11.8 Å². The molecule has 6 aromatic rings. The Morgan fingerprint density at radius 2 is 1.23 bits per heavy atom. The molecule has 4 aromatic heterocycles. The average Bonchev–Trinajstić information content (AvgIpc) is 4.10. The number of piperazine rings is 1. The lowest BCUT2D eigenvalue weighted by Crippen LogP contribution is -2.44. The number of hydrogen-bond donors (Lipinski definition) is 3. The van der Waals surface area contributed by atoms with Crippen molar-refractivity contribution in [1.82, 2.24) is 50.1 Å². The Balaban J connectivity index is 0.000000167. The molecule has 2 atom stereocenters. The zero-order chi connectivity index (χ0) is 45.9. The molecule has 2 bridgehead atoms. The Labute approximate surface area is 400 Å². The molecule has 2 amide bonds. The van der Waals surface area contributed by atoms with E-state index in [4.69, 9.17) is 60.9 Å². The first-order valence-corrected chi connectivity index (χ1v) is 23.2. The molecule has 4 saturated heterocycles. The van der Waals surface area contributed by atoms with Crippen LogP contribution in [-0.2, 0) is 9.59 Å². The highest BCUT2D eigenvalue weighted by Gasteiger charge is 2.39. The second-order valence-corrected chi connectivity index (χ2v) is 18.2. The molecule has 4 aliphatic rings. The van der Waals surface area contributed by atoms with Crippen LogP contribution in [0.2, 0.25) is 20.1 Å². The zero-order valence-electron chi connectivity index (χ0n) is 36.1. The molecule has 3 N–H and O–H groups in total. The van der Waals surface area contributed by atoms with Gasteiger partial charge in [0, 0.05) is 54.3 Å². The Morgan fingerprint density at radius 3 is 1.73 bits per heavy atom. The zero-order valence-corrected chi connectivity index (χ0v) is 39.1. The summed E-state index contributed by atoms with van der Waals surface area (Å²) < 4.78 is 10.9. The maximum absolute atomic E-state index is 12.4. The molecular formula is C44H46Cl4N14O4. The van der Waals surface area contributed by atoms with E-state index in [0.29, 0.717) is 101 Å². The molecular weight excluding hydrogens is 930 g/mol. The number of benzene rings is 2. The number of anilines is 4. The van der Waals surface area contributed by atoms with E-state index >= 15 is 0 Å². The number of piperidine rings is 1. The lowest BCUT2D eigenvalue weighted by Gasteiger charge is -2.36. The Hall–Kier alpha value is -5.50. The summed E-state index contributed by atoms with van der Waals surface area (Å²) in [5.41, 5.74) is 3.55. The van der Waals surface area contributed by atoms with Crippen molar-refractivity contribution in [3.63, 3.8) is 0 Å². The molecule has 4 fully saturated rings. The summed E-state index contributed by atoms with van der Waals surface area (Å²) in [6, 6.07) is 11.2. The molecule has 0 aliphatic carbocycles. The van der Waals surface area contributed by atoms with Crippen molar-refractivity contribution in [1.29, 1.82) is 0 Å². The first-order chi connectivity index (χ1) is 31.9. The van der Waals surface area contributed by atoms with Crippen LogP contribution in [-0.4, -0.2) is 127 Å². The lowest BCUT2D eigenvalue weighted by atomic mass is 10.0. The summed E-state index contributed by atoms with van der Waals surface area (Å²) in [7, 11) is 0. The number of fused-ring (bicyclic) bond motifs is 4. The van der Waals surface area contributed by atoms with Crippen molar-refractivity contribution in [2.45, 2.75) is 64.1 Å². The van der Waals surface area contributed by atoms with Gasteiger partial charge in [-0.05, 0) is 95.4 Å². The van der Waals surface area contributed by atoms with Gasteiger partial charge in [-0.3, -0.25) is 9.59 Å². The molecule has 4 aliphatic heterocycles. The van der Waals surface area contributed by atoms with E-state index in [-0.39, 0.29) is 19.1 Å². The van der Waals surface area contributed by atoms with Crippen molar-refractivity contribution < 1.29 is 19.1 Å². The number of amides is 2. The number of carbonyl (C=O) groups is 2. The van der Waals surface area contributed by atoms with E-state index in [9.17, 15) is 9.59 Å². The highest BCUT2D eigenvalue weighted by Crippen LogP contribution is 2.31. The quantitative estimate of drug-likeness (QED) is 0.123. The van der Waals surface area contributed by atoms with Crippen LogP contribution in [0.3, 0.4) is 0 Å². The summed E-state index contributed by atoms with van der Waals surface area (Å²) in [4.78, 5) is 68.1. The minimum absolute atomic E-state index is 0.233. The predicted octanol–water partition coefficient (Wildman–Crippen LogP) is 6.72. The summed E-state index contributed by atoms with van der Waals surface area (Å²) in [5.74, 6) is 1.93. The fraction of sp³-hybridized carbons (Fsp3) is 0.409. The predicted molar refractivity (Wildman–Crippen MR) is 254 cm³/mol. The smallest absolute Gasteiger partial charge is 0.263 e. The Morgan fingerprint density at radius 1 is 0.697 bits per heavy atom. The standard InChI is InChI=1S/C24H27Cl2N7O2.C20H19Cl2N7O2/c1-15-22-23(31-24(28-15)33-10-6-17(7-11-33)32-8-2-3-9-32)27-13-20(30-22)29-21(34)14-35-19-5-4-16(25)12-18(19)26;1-10-18-19(28-20(25-10)29-8-12-5-13(29)6-23-12)24-7-16(27-18)26-17(30)9-31-15-3-2-11(21)4-14(15)22/h4-5,12-13,17H,2-3,6-11,14H2,1H3,(H,29,30,34);2-4,7,12-13,23H,5-6,8-9H2,1H3,(H,26,27,30). The van der Waals surface area contributed by atoms with Gasteiger partial charge in [0.1, 0.15) is 22.5 Å². The molecule has 10 rings (SSSR count). The number of carbonyl (C=O) groups excluding carboxylic acids is 2. The number of aromatic nitrogens is 8. The van der Waals surface area contributed by atoms with E-state index in [1.807, 2.05) is 13.8 Å². The topological polar surface area (TPSA) is 202 Å². The van der Waals surface area contributed by atoms with Gasteiger partial charge >= 0.3 is 0 Å². The molecule has 0 saturated carbocycles. The normalized spacial score (nSPS) is 18.4. The Bertz CT molecular complexity index is 2780. The fourth-order valence-electron chi connectivity index (χ4n) is 8.62. The number of ether oxygens (including phenoxy) is 2. The van der Waals surface area contributed by atoms with Crippen molar-refractivity contribution >= 4 is 104 Å². The third kappa shape index (κ3) is 10.7. The second-order valence-electron chi connectivity index (χ2n) is 16.5. The maximum atomic E-state index is 12.4. The van der Waals surface area contributed by atoms with Crippen LogP contribution >= 0.6 is 46.4 Å². The maximum Gasteiger partial charge on any atom is 0.263 e. The minimum atomic E-state index is -0.393. The molecule has 0 spiro atoms. The van der Waals surface area contributed by atoms with Gasteiger partial charge in [-0.1, -0.05) is 46.4 Å². The van der Waals surface area contributed by atoms with Gasteiger partial charge in [0.2, 0.25) is 11.9 Å².